The van der Waals surface area contributed by atoms with Crippen LogP contribution in [0.25, 0.3) is 11.4 Å². The molecule has 1 N–H and O–H groups in total. The molecular formula is C17H17N5O2. The number of rotatable bonds is 3. The molecule has 1 aromatic carbocycles. The largest absolute Gasteiger partial charge is 0.338 e. The Labute approximate surface area is 139 Å². The van der Waals surface area contributed by atoms with E-state index in [4.69, 9.17) is 4.52 Å². The molecular weight excluding hydrogens is 306 g/mol. The summed E-state index contributed by atoms with van der Waals surface area (Å²) in [5, 5.41) is 6.76. The van der Waals surface area contributed by atoms with Crippen LogP contribution in [0.3, 0.4) is 0 Å². The summed E-state index contributed by atoms with van der Waals surface area (Å²) in [6.07, 6.45) is 4.40. The second-order valence-corrected chi connectivity index (χ2v) is 6.30. The Morgan fingerprint density at radius 2 is 1.88 bits per heavy atom. The Hall–Kier alpha value is -3.09. The number of carbonyl (C=O) groups excluding carboxylic acids is 1. The van der Waals surface area contributed by atoms with Crippen molar-refractivity contribution < 1.29 is 9.32 Å². The molecule has 0 saturated heterocycles. The van der Waals surface area contributed by atoms with Gasteiger partial charge in [-0.05, 0) is 24.3 Å². The maximum atomic E-state index is 12.0. The second kappa shape index (κ2) is 6.19. The zero-order valence-electron chi connectivity index (χ0n) is 13.6. The minimum atomic E-state index is -0.314. The lowest BCUT2D eigenvalue weighted by atomic mass is 9.97. The zero-order valence-corrected chi connectivity index (χ0v) is 13.6. The molecule has 0 unspecified atom stereocenters. The second-order valence-electron chi connectivity index (χ2n) is 6.30. The lowest BCUT2D eigenvalue weighted by Gasteiger charge is -2.10. The Morgan fingerprint density at radius 1 is 1.12 bits per heavy atom. The molecule has 24 heavy (non-hydrogen) atoms. The lowest BCUT2D eigenvalue weighted by molar-refractivity contribution is 0.102. The van der Waals surface area contributed by atoms with Crippen LogP contribution in [0.15, 0.2) is 47.4 Å². The van der Waals surface area contributed by atoms with E-state index >= 15 is 0 Å². The molecule has 2 aromatic heterocycles. The molecule has 2 heterocycles. The summed E-state index contributed by atoms with van der Waals surface area (Å²) in [4.78, 5) is 24.3. The van der Waals surface area contributed by atoms with Gasteiger partial charge in [0.15, 0.2) is 0 Å². The van der Waals surface area contributed by atoms with E-state index in [1.165, 1.54) is 18.6 Å². The van der Waals surface area contributed by atoms with Gasteiger partial charge in [-0.25, -0.2) is 4.98 Å². The topological polar surface area (TPSA) is 93.8 Å². The van der Waals surface area contributed by atoms with Crippen LogP contribution in [0.1, 0.15) is 37.2 Å². The number of amides is 1. The number of hydrogen-bond donors (Lipinski definition) is 1. The van der Waals surface area contributed by atoms with Crippen molar-refractivity contribution in [1.82, 2.24) is 20.1 Å². The van der Waals surface area contributed by atoms with E-state index in [1.54, 1.807) is 12.1 Å². The Bertz CT molecular complexity index is 835. The Kier molecular flexibility index (Phi) is 4.07. The molecule has 0 bridgehead atoms. The van der Waals surface area contributed by atoms with Gasteiger partial charge in [0.25, 0.3) is 5.91 Å². The predicted molar refractivity (Wildman–Crippen MR) is 88.4 cm³/mol. The number of nitrogens with zero attached hydrogens (tertiary/aromatic N) is 4. The standard InChI is InChI=1S/C17H17N5O2/c1-17(2,3)16-21-14(22-24-16)11-4-6-12(7-5-11)20-15(23)13-10-18-8-9-19-13/h4-10H,1-3H3,(H,20,23). The highest BCUT2D eigenvalue weighted by molar-refractivity contribution is 6.02. The summed E-state index contributed by atoms with van der Waals surface area (Å²) in [6.45, 7) is 6.03. The number of aromatic nitrogens is 4. The van der Waals surface area contributed by atoms with Crippen LogP contribution in [0.4, 0.5) is 5.69 Å². The summed E-state index contributed by atoms with van der Waals surface area (Å²) < 4.78 is 5.29. The van der Waals surface area contributed by atoms with Gasteiger partial charge in [-0.15, -0.1) is 0 Å². The zero-order chi connectivity index (χ0) is 17.2. The Balaban J connectivity index is 1.74. The number of hydrogen-bond acceptors (Lipinski definition) is 6. The van der Waals surface area contributed by atoms with Crippen molar-refractivity contribution in [2.24, 2.45) is 0 Å². The van der Waals surface area contributed by atoms with Crippen LogP contribution in [0.5, 0.6) is 0 Å². The fourth-order valence-electron chi connectivity index (χ4n) is 1.96. The molecule has 0 aliphatic heterocycles. The van der Waals surface area contributed by atoms with Crippen LogP contribution < -0.4 is 5.32 Å². The first-order valence-electron chi connectivity index (χ1n) is 7.45. The van der Waals surface area contributed by atoms with Gasteiger partial charge in [-0.2, -0.15) is 4.98 Å². The summed E-state index contributed by atoms with van der Waals surface area (Å²) >= 11 is 0. The molecule has 0 aliphatic rings. The quantitative estimate of drug-likeness (QED) is 0.796. The molecule has 122 valence electrons. The number of anilines is 1. The van der Waals surface area contributed by atoms with E-state index in [2.05, 4.69) is 25.4 Å². The van der Waals surface area contributed by atoms with E-state index in [-0.39, 0.29) is 17.0 Å². The average Bonchev–Trinajstić information content (AvgIpc) is 3.07. The fourth-order valence-corrected chi connectivity index (χ4v) is 1.96. The maximum absolute atomic E-state index is 12.0. The number of carbonyl (C=O) groups is 1. The normalized spacial score (nSPS) is 11.3. The maximum Gasteiger partial charge on any atom is 0.275 e. The SMILES string of the molecule is CC(C)(C)c1nc(-c2ccc(NC(=O)c3cnccn3)cc2)no1. The van der Waals surface area contributed by atoms with Gasteiger partial charge in [0.05, 0.1) is 6.20 Å². The third kappa shape index (κ3) is 3.45. The minimum absolute atomic E-state index is 0.199. The van der Waals surface area contributed by atoms with Gasteiger partial charge in [0.1, 0.15) is 5.69 Å². The molecule has 0 saturated carbocycles. The molecule has 3 aromatic rings. The van der Waals surface area contributed by atoms with Crippen molar-refractivity contribution in [2.75, 3.05) is 5.32 Å². The molecule has 0 radical (unpaired) electrons. The van der Waals surface area contributed by atoms with E-state index in [1.807, 2.05) is 32.9 Å². The van der Waals surface area contributed by atoms with E-state index in [0.29, 0.717) is 17.4 Å². The summed E-state index contributed by atoms with van der Waals surface area (Å²) in [5.74, 6) is 0.787. The van der Waals surface area contributed by atoms with Gasteiger partial charge < -0.3 is 9.84 Å². The van der Waals surface area contributed by atoms with Crippen LogP contribution >= 0.6 is 0 Å². The van der Waals surface area contributed by atoms with Crippen LogP contribution in [-0.4, -0.2) is 26.0 Å². The molecule has 7 nitrogen and oxygen atoms in total. The van der Waals surface area contributed by atoms with E-state index < -0.39 is 0 Å². The van der Waals surface area contributed by atoms with Crippen LogP contribution in [0.2, 0.25) is 0 Å². The monoisotopic (exact) mass is 323 g/mol. The smallest absolute Gasteiger partial charge is 0.275 e. The molecule has 0 fully saturated rings. The fraction of sp³-hybridized carbons (Fsp3) is 0.235. The van der Waals surface area contributed by atoms with E-state index in [9.17, 15) is 4.79 Å². The van der Waals surface area contributed by atoms with Crippen molar-refractivity contribution in [2.45, 2.75) is 26.2 Å². The highest BCUT2D eigenvalue weighted by Gasteiger charge is 2.22. The van der Waals surface area contributed by atoms with Crippen molar-refractivity contribution in [3.05, 3.63) is 54.4 Å². The van der Waals surface area contributed by atoms with Gasteiger partial charge in [0.2, 0.25) is 11.7 Å². The number of benzene rings is 1. The van der Waals surface area contributed by atoms with Crippen molar-refractivity contribution >= 4 is 11.6 Å². The lowest BCUT2D eigenvalue weighted by Crippen LogP contribution is -2.13. The molecule has 7 heteroatoms. The summed E-state index contributed by atoms with van der Waals surface area (Å²) in [6, 6.07) is 7.20. The van der Waals surface area contributed by atoms with Gasteiger partial charge in [0, 0.05) is 29.1 Å². The third-order valence-corrected chi connectivity index (χ3v) is 3.26. The first-order valence-corrected chi connectivity index (χ1v) is 7.45. The van der Waals surface area contributed by atoms with Crippen molar-refractivity contribution in [1.29, 1.82) is 0 Å². The highest BCUT2D eigenvalue weighted by Crippen LogP contribution is 2.24. The van der Waals surface area contributed by atoms with Gasteiger partial charge in [-0.1, -0.05) is 25.9 Å². The molecule has 0 spiro atoms. The molecule has 3 rings (SSSR count). The molecule has 0 aliphatic carbocycles. The van der Waals surface area contributed by atoms with Crippen LogP contribution in [0, 0.1) is 0 Å². The van der Waals surface area contributed by atoms with Gasteiger partial charge >= 0.3 is 0 Å². The minimum Gasteiger partial charge on any atom is -0.338 e. The van der Waals surface area contributed by atoms with E-state index in [0.717, 1.165) is 5.56 Å². The average molecular weight is 323 g/mol. The molecule has 1 amide bonds. The van der Waals surface area contributed by atoms with Crippen LogP contribution in [-0.2, 0) is 5.41 Å². The number of nitrogens with one attached hydrogen (secondary N) is 1. The highest BCUT2D eigenvalue weighted by atomic mass is 16.5. The van der Waals surface area contributed by atoms with Crippen molar-refractivity contribution in [3.63, 3.8) is 0 Å². The van der Waals surface area contributed by atoms with Crippen molar-refractivity contribution in [3.8, 4) is 11.4 Å². The first kappa shape index (κ1) is 15.8. The predicted octanol–water partition coefficient (Wildman–Crippen LogP) is 3.08. The molecule has 0 atom stereocenters. The third-order valence-electron chi connectivity index (χ3n) is 3.26. The first-order chi connectivity index (χ1) is 11.4. The van der Waals surface area contributed by atoms with Gasteiger partial charge in [-0.3, -0.25) is 9.78 Å². The Morgan fingerprint density at radius 3 is 2.46 bits per heavy atom. The summed E-state index contributed by atoms with van der Waals surface area (Å²) in [7, 11) is 0. The summed E-state index contributed by atoms with van der Waals surface area (Å²) in [5.41, 5.74) is 1.52.